The lowest BCUT2D eigenvalue weighted by Crippen LogP contribution is -2.50. The predicted molar refractivity (Wildman–Crippen MR) is 211 cm³/mol. The van der Waals surface area contributed by atoms with E-state index in [9.17, 15) is 24.3 Å². The third-order valence-corrected chi connectivity index (χ3v) is 10.1. The van der Waals surface area contributed by atoms with Crippen LogP contribution in [0.4, 0.5) is 9.59 Å². The van der Waals surface area contributed by atoms with E-state index in [0.29, 0.717) is 11.6 Å². The van der Waals surface area contributed by atoms with Crippen molar-refractivity contribution in [2.24, 2.45) is 11.8 Å². The van der Waals surface area contributed by atoms with Crippen molar-refractivity contribution in [2.75, 3.05) is 21.2 Å². The molecule has 0 aliphatic carbocycles. The summed E-state index contributed by atoms with van der Waals surface area (Å²) in [6.07, 6.45) is 1.60. The molecular weight excluding hydrogens is 701 g/mol. The van der Waals surface area contributed by atoms with E-state index in [-0.39, 0.29) is 29.7 Å². The van der Waals surface area contributed by atoms with E-state index >= 15 is 0 Å². The summed E-state index contributed by atoms with van der Waals surface area (Å²) in [5.41, 5.74) is 5.62. The zero-order valence-electron chi connectivity index (χ0n) is 32.7. The molecule has 2 aromatic heterocycles. The maximum atomic E-state index is 13.3. The molecule has 3 aromatic carbocycles. The maximum absolute atomic E-state index is 13.3. The average molecular weight is 751 g/mol. The van der Waals surface area contributed by atoms with E-state index in [1.165, 1.54) is 12.0 Å². The third-order valence-electron chi connectivity index (χ3n) is 10.1. The Bertz CT molecular complexity index is 2160. The highest BCUT2D eigenvalue weighted by Crippen LogP contribution is 2.31. The number of aromatic nitrogens is 4. The van der Waals surface area contributed by atoms with Crippen LogP contribution in [0.1, 0.15) is 65.3 Å². The van der Waals surface area contributed by atoms with Crippen LogP contribution in [0.25, 0.3) is 44.4 Å². The first-order valence-corrected chi connectivity index (χ1v) is 18.2. The van der Waals surface area contributed by atoms with Gasteiger partial charge in [0.2, 0.25) is 11.8 Å². The topological polar surface area (TPSA) is 186 Å². The number of ether oxygens (including phenoxy) is 1. The number of benzene rings is 3. The molecular formula is C41H50N8O6. The first-order chi connectivity index (χ1) is 26.1. The lowest BCUT2D eigenvalue weighted by atomic mass is 9.98. The molecule has 0 radical (unpaired) electrons. The Morgan fingerprint density at radius 2 is 1.05 bits per heavy atom. The minimum absolute atomic E-state index is 0.138. The number of amides is 4. The summed E-state index contributed by atoms with van der Waals surface area (Å²) < 4.78 is 4.71. The van der Waals surface area contributed by atoms with Gasteiger partial charge in [0.05, 0.1) is 43.0 Å². The summed E-state index contributed by atoms with van der Waals surface area (Å²) >= 11 is 0. The monoisotopic (exact) mass is 750 g/mol. The number of likely N-dealkylation sites (N-methyl/N-ethyl adjacent to an activating group) is 2. The molecule has 14 heteroatoms. The molecule has 4 amide bonds. The second-order valence-electron chi connectivity index (χ2n) is 14.5. The first kappa shape index (κ1) is 40.0. The Morgan fingerprint density at radius 3 is 1.53 bits per heavy atom. The van der Waals surface area contributed by atoms with Gasteiger partial charge < -0.3 is 40.2 Å². The minimum atomic E-state index is -1.24. The van der Waals surface area contributed by atoms with Gasteiger partial charge >= 0.3 is 12.2 Å². The van der Waals surface area contributed by atoms with Gasteiger partial charge in [0.1, 0.15) is 23.7 Å². The number of nitrogens with one attached hydrogen (secondary N) is 4. The van der Waals surface area contributed by atoms with Gasteiger partial charge in [0, 0.05) is 19.7 Å². The Hall–Kier alpha value is -6.18. The fraction of sp³-hybridized carbons (Fsp3) is 0.366. The number of hydrogen-bond acceptors (Lipinski definition) is 7. The molecule has 0 fully saturated rings. The van der Waals surface area contributed by atoms with Crippen molar-refractivity contribution < 1.29 is 29.0 Å². The molecule has 290 valence electrons. The van der Waals surface area contributed by atoms with Gasteiger partial charge in [0.25, 0.3) is 0 Å². The van der Waals surface area contributed by atoms with Gasteiger partial charge in [-0.25, -0.2) is 19.6 Å². The van der Waals surface area contributed by atoms with Crippen LogP contribution in [-0.4, -0.2) is 92.1 Å². The third kappa shape index (κ3) is 8.97. The molecule has 5 N–H and O–H groups in total. The van der Waals surface area contributed by atoms with Crippen molar-refractivity contribution >= 4 is 34.8 Å². The van der Waals surface area contributed by atoms with Gasteiger partial charge in [-0.05, 0) is 65.3 Å². The summed E-state index contributed by atoms with van der Waals surface area (Å²) in [6, 6.07) is 18.3. The van der Waals surface area contributed by atoms with Gasteiger partial charge in [-0.1, -0.05) is 76.2 Å². The standard InChI is InChI=1S/C41H50N8O6/c1-22(2)34(46-40(52)53)38(50)48(7)24(5)36-42-20-32(44-36)27-12-10-26(11-13-27)28-14-15-30-19-31(17-16-29(30)18-28)33-21-43-37(45-33)25(6)49(8)39(51)35(23(3)4)47-41(54)55-9/h10-25,34-35,46H,1-9H3,(H,42,44)(H,43,45)(H,47,54)(H,52,53). The Morgan fingerprint density at radius 1 is 0.636 bits per heavy atom. The number of alkyl carbamates (subject to hydrolysis) is 1. The van der Waals surface area contributed by atoms with Crippen LogP contribution >= 0.6 is 0 Å². The second-order valence-corrected chi connectivity index (χ2v) is 14.5. The van der Waals surface area contributed by atoms with Crippen molar-refractivity contribution in [1.29, 1.82) is 0 Å². The number of hydrogen-bond donors (Lipinski definition) is 5. The molecule has 5 aromatic rings. The van der Waals surface area contributed by atoms with Crippen molar-refractivity contribution in [2.45, 2.75) is 65.7 Å². The van der Waals surface area contributed by atoms with Crippen LogP contribution in [0, 0.1) is 11.8 Å². The number of carbonyl (C=O) groups excluding carboxylic acids is 3. The van der Waals surface area contributed by atoms with Gasteiger partial charge in [-0.15, -0.1) is 0 Å². The molecule has 55 heavy (non-hydrogen) atoms. The Balaban J connectivity index is 1.26. The molecule has 14 nitrogen and oxygen atoms in total. The predicted octanol–water partition coefficient (Wildman–Crippen LogP) is 7.00. The zero-order valence-corrected chi connectivity index (χ0v) is 32.7. The number of carbonyl (C=O) groups is 4. The highest BCUT2D eigenvalue weighted by molar-refractivity contribution is 5.91. The number of H-pyrrole nitrogens is 2. The number of nitrogens with zero attached hydrogens (tertiary/aromatic N) is 4. The van der Waals surface area contributed by atoms with Crippen molar-refractivity contribution in [3.8, 4) is 33.6 Å². The molecule has 0 aliphatic rings. The molecule has 2 heterocycles. The summed E-state index contributed by atoms with van der Waals surface area (Å²) in [5, 5.41) is 16.3. The molecule has 4 atom stereocenters. The quantitative estimate of drug-likeness (QED) is 0.0852. The molecule has 0 saturated heterocycles. The van der Waals surface area contributed by atoms with Gasteiger partial charge in [-0.3, -0.25) is 9.59 Å². The number of methoxy groups -OCH3 is 1. The zero-order chi connectivity index (χ0) is 40.1. The first-order valence-electron chi connectivity index (χ1n) is 18.2. The SMILES string of the molecule is COC(=O)NC(C(=O)N(C)C(C)c1ncc(-c2ccc3cc(-c4ccc(-c5cnc(C(C)N(C)C(=O)C(NC(=O)O)C(C)C)[nH]5)cc4)ccc3c2)[nH]1)C(C)C. The second kappa shape index (κ2) is 16.9. The number of aromatic amines is 2. The molecule has 0 bridgehead atoms. The Kier molecular flexibility index (Phi) is 12.3. The molecule has 5 rings (SSSR count). The molecule has 0 aliphatic heterocycles. The van der Waals surface area contributed by atoms with E-state index < -0.39 is 30.3 Å². The fourth-order valence-electron chi connectivity index (χ4n) is 6.36. The molecule has 0 saturated carbocycles. The van der Waals surface area contributed by atoms with Crippen molar-refractivity contribution in [1.82, 2.24) is 40.4 Å². The smallest absolute Gasteiger partial charge is 0.407 e. The fourth-order valence-corrected chi connectivity index (χ4v) is 6.36. The van der Waals surface area contributed by atoms with E-state index in [1.54, 1.807) is 45.2 Å². The van der Waals surface area contributed by atoms with Gasteiger partial charge in [-0.2, -0.15) is 0 Å². The minimum Gasteiger partial charge on any atom is -0.465 e. The molecule has 0 spiro atoms. The number of fused-ring (bicyclic) bond motifs is 1. The number of rotatable bonds is 13. The summed E-state index contributed by atoms with van der Waals surface area (Å²) in [6.45, 7) is 11.1. The largest absolute Gasteiger partial charge is 0.465 e. The van der Waals surface area contributed by atoms with Crippen molar-refractivity contribution in [3.63, 3.8) is 0 Å². The molecule has 4 unspecified atom stereocenters. The van der Waals surface area contributed by atoms with E-state index in [0.717, 1.165) is 44.4 Å². The normalized spacial score (nSPS) is 13.6. The Labute approximate surface area is 320 Å². The van der Waals surface area contributed by atoms with Crippen LogP contribution in [0.15, 0.2) is 73.1 Å². The van der Waals surface area contributed by atoms with E-state index in [4.69, 9.17) is 4.74 Å². The van der Waals surface area contributed by atoms with Gasteiger partial charge in [0.15, 0.2) is 0 Å². The number of carboxylic acid groups (broad SMARTS) is 1. The summed E-state index contributed by atoms with van der Waals surface area (Å²) in [7, 11) is 4.60. The average Bonchev–Trinajstić information content (AvgIpc) is 3.88. The number of imidazole rings is 2. The van der Waals surface area contributed by atoms with Crippen molar-refractivity contribution in [3.05, 3.63) is 84.7 Å². The lowest BCUT2D eigenvalue weighted by molar-refractivity contribution is -0.135. The van der Waals surface area contributed by atoms with E-state index in [1.807, 2.05) is 45.9 Å². The van der Waals surface area contributed by atoms with E-state index in [2.05, 4.69) is 73.0 Å². The summed E-state index contributed by atoms with van der Waals surface area (Å²) in [4.78, 5) is 68.4. The van der Waals surface area contributed by atoms with Crippen LogP contribution < -0.4 is 10.6 Å². The maximum Gasteiger partial charge on any atom is 0.407 e. The summed E-state index contributed by atoms with van der Waals surface area (Å²) in [5.74, 6) is 0.293. The van der Waals surface area contributed by atoms with Crippen LogP contribution in [0.2, 0.25) is 0 Å². The lowest BCUT2D eigenvalue weighted by Gasteiger charge is -2.30. The highest BCUT2D eigenvalue weighted by Gasteiger charge is 2.32. The van der Waals surface area contributed by atoms with Crippen LogP contribution in [0.5, 0.6) is 0 Å². The van der Waals surface area contributed by atoms with Crippen LogP contribution in [0.3, 0.4) is 0 Å². The van der Waals surface area contributed by atoms with Crippen LogP contribution in [-0.2, 0) is 14.3 Å². The highest BCUT2D eigenvalue weighted by atomic mass is 16.5.